The third kappa shape index (κ3) is 4.31. The van der Waals surface area contributed by atoms with Gasteiger partial charge >= 0.3 is 0 Å². The monoisotopic (exact) mass is 627 g/mol. The summed E-state index contributed by atoms with van der Waals surface area (Å²) in [6.45, 7) is 0. The second-order valence-electron chi connectivity index (χ2n) is 12.6. The molecule has 0 saturated heterocycles. The average molecular weight is 628 g/mol. The zero-order valence-corrected chi connectivity index (χ0v) is 26.9. The Morgan fingerprint density at radius 1 is 0.333 bits per heavy atom. The van der Waals surface area contributed by atoms with Crippen molar-refractivity contribution in [1.29, 1.82) is 0 Å². The fraction of sp³-hybridized carbons (Fsp3) is 0. The van der Waals surface area contributed by atoms with Crippen molar-refractivity contribution in [3.8, 4) is 39.1 Å². The number of rotatable bonds is 4. The SMILES string of the molecule is c1ccc(-c2cc(-c3ccccc3)cc(-c3ccc(-n4c5ccccc5c5ccc6cc7c(cc6c54)sc4ccccc47)cc3)c2)cc1. The van der Waals surface area contributed by atoms with Crippen LogP contribution in [0.15, 0.2) is 176 Å². The van der Waals surface area contributed by atoms with Gasteiger partial charge in [0.25, 0.3) is 0 Å². The van der Waals surface area contributed by atoms with Gasteiger partial charge in [-0.15, -0.1) is 11.3 Å². The van der Waals surface area contributed by atoms with Crippen LogP contribution in [0.4, 0.5) is 0 Å². The van der Waals surface area contributed by atoms with Crippen molar-refractivity contribution in [2.45, 2.75) is 0 Å². The van der Waals surface area contributed by atoms with Crippen molar-refractivity contribution in [3.05, 3.63) is 176 Å². The number of hydrogen-bond donors (Lipinski definition) is 0. The fourth-order valence-electron chi connectivity index (χ4n) is 7.46. The fourth-order valence-corrected chi connectivity index (χ4v) is 8.59. The Morgan fingerprint density at radius 3 is 1.60 bits per heavy atom. The quantitative estimate of drug-likeness (QED) is 0.183. The Hall–Kier alpha value is -5.96. The molecule has 0 N–H and O–H groups in total. The summed E-state index contributed by atoms with van der Waals surface area (Å²) < 4.78 is 5.13. The van der Waals surface area contributed by atoms with Gasteiger partial charge in [0.1, 0.15) is 0 Å². The highest BCUT2D eigenvalue weighted by Crippen LogP contribution is 2.42. The van der Waals surface area contributed by atoms with Crippen molar-refractivity contribution < 1.29 is 0 Å². The summed E-state index contributed by atoms with van der Waals surface area (Å²) in [6, 6.07) is 64.4. The molecule has 224 valence electrons. The van der Waals surface area contributed by atoms with Gasteiger partial charge in [0.05, 0.1) is 11.0 Å². The second-order valence-corrected chi connectivity index (χ2v) is 13.6. The number of para-hydroxylation sites is 1. The number of aromatic nitrogens is 1. The van der Waals surface area contributed by atoms with Crippen LogP contribution in [0.3, 0.4) is 0 Å². The molecule has 0 atom stereocenters. The standard InChI is InChI=1S/C46H29NS/c1-3-11-30(12-4-1)34-25-35(31-13-5-2-6-14-31)27-36(26-34)32-19-22-37(23-20-32)47-43-17-9-7-15-38(43)40-24-21-33-28-42-39-16-8-10-18-44(39)48-45(42)29-41(33)46(40)47/h1-29H. The lowest BCUT2D eigenvalue weighted by molar-refractivity contribution is 1.19. The van der Waals surface area contributed by atoms with Crippen molar-refractivity contribution >= 4 is 64.1 Å². The Labute approximate surface area is 282 Å². The maximum atomic E-state index is 2.46. The molecule has 1 nitrogen and oxygen atoms in total. The predicted octanol–water partition coefficient (Wildman–Crippen LogP) is 13.3. The van der Waals surface area contributed by atoms with Crippen LogP contribution in [0.5, 0.6) is 0 Å². The third-order valence-electron chi connectivity index (χ3n) is 9.75. The molecule has 0 saturated carbocycles. The van der Waals surface area contributed by atoms with Crippen LogP contribution in [0.25, 0.3) is 91.8 Å². The third-order valence-corrected chi connectivity index (χ3v) is 10.9. The number of fused-ring (bicyclic) bond motifs is 8. The number of hydrogen-bond acceptors (Lipinski definition) is 1. The van der Waals surface area contributed by atoms with E-state index in [4.69, 9.17) is 0 Å². The highest BCUT2D eigenvalue weighted by molar-refractivity contribution is 7.25. The van der Waals surface area contributed by atoms with Gasteiger partial charge < -0.3 is 4.57 Å². The summed E-state index contributed by atoms with van der Waals surface area (Å²) >= 11 is 1.88. The van der Waals surface area contributed by atoms with Crippen LogP contribution < -0.4 is 0 Å². The van der Waals surface area contributed by atoms with Crippen molar-refractivity contribution in [1.82, 2.24) is 4.57 Å². The largest absolute Gasteiger partial charge is 0.309 e. The molecule has 8 aromatic carbocycles. The van der Waals surface area contributed by atoms with E-state index in [0.29, 0.717) is 0 Å². The molecule has 0 aliphatic heterocycles. The van der Waals surface area contributed by atoms with E-state index >= 15 is 0 Å². The highest BCUT2D eigenvalue weighted by atomic mass is 32.1. The van der Waals surface area contributed by atoms with E-state index in [1.165, 1.54) is 86.1 Å². The summed E-state index contributed by atoms with van der Waals surface area (Å²) in [6.07, 6.45) is 0. The van der Waals surface area contributed by atoms with Crippen LogP contribution in [0.1, 0.15) is 0 Å². The molecular weight excluding hydrogens is 599 g/mol. The molecular formula is C46H29NS. The number of thiophene rings is 1. The first-order valence-electron chi connectivity index (χ1n) is 16.4. The topological polar surface area (TPSA) is 4.93 Å². The summed E-state index contributed by atoms with van der Waals surface area (Å²) in [7, 11) is 0. The molecule has 2 heteroatoms. The smallest absolute Gasteiger partial charge is 0.0619 e. The Balaban J connectivity index is 1.17. The predicted molar refractivity (Wildman–Crippen MR) is 207 cm³/mol. The molecule has 2 aromatic heterocycles. The minimum Gasteiger partial charge on any atom is -0.309 e. The molecule has 2 heterocycles. The Morgan fingerprint density at radius 2 is 0.917 bits per heavy atom. The maximum absolute atomic E-state index is 2.46. The molecule has 0 aliphatic rings. The van der Waals surface area contributed by atoms with E-state index in [9.17, 15) is 0 Å². The van der Waals surface area contributed by atoms with Gasteiger partial charge in [0.2, 0.25) is 0 Å². The number of benzene rings is 8. The molecule has 0 bridgehead atoms. The number of nitrogens with zero attached hydrogens (tertiary/aromatic N) is 1. The minimum atomic E-state index is 1.16. The maximum Gasteiger partial charge on any atom is 0.0619 e. The van der Waals surface area contributed by atoms with Crippen molar-refractivity contribution in [3.63, 3.8) is 0 Å². The molecule has 0 radical (unpaired) electrons. The van der Waals surface area contributed by atoms with Gasteiger partial charge in [-0.2, -0.15) is 0 Å². The van der Waals surface area contributed by atoms with Gasteiger partial charge in [0.15, 0.2) is 0 Å². The summed E-state index contributed by atoms with van der Waals surface area (Å²) in [4.78, 5) is 0. The Kier molecular flexibility index (Phi) is 6.12. The molecule has 0 unspecified atom stereocenters. The van der Waals surface area contributed by atoms with Crippen LogP contribution in [0.2, 0.25) is 0 Å². The second kappa shape index (κ2) is 10.8. The van der Waals surface area contributed by atoms with E-state index in [0.717, 1.165) is 5.69 Å². The van der Waals surface area contributed by atoms with Gasteiger partial charge in [-0.3, -0.25) is 0 Å². The normalized spacial score (nSPS) is 11.8. The van der Waals surface area contributed by atoms with Crippen molar-refractivity contribution in [2.75, 3.05) is 0 Å². The lowest BCUT2D eigenvalue weighted by atomic mass is 9.93. The van der Waals surface area contributed by atoms with E-state index in [-0.39, 0.29) is 0 Å². The van der Waals surface area contributed by atoms with Crippen LogP contribution in [-0.4, -0.2) is 4.57 Å². The van der Waals surface area contributed by atoms with Crippen LogP contribution >= 0.6 is 11.3 Å². The molecule has 0 aliphatic carbocycles. The molecule has 0 fully saturated rings. The van der Waals surface area contributed by atoms with Crippen molar-refractivity contribution in [2.24, 2.45) is 0 Å². The van der Waals surface area contributed by atoms with Gasteiger partial charge in [-0.05, 0) is 93.4 Å². The van der Waals surface area contributed by atoms with Crippen LogP contribution in [-0.2, 0) is 0 Å². The molecule has 48 heavy (non-hydrogen) atoms. The van der Waals surface area contributed by atoms with Gasteiger partial charge in [-0.1, -0.05) is 121 Å². The van der Waals surface area contributed by atoms with E-state index < -0.39 is 0 Å². The molecule has 0 amide bonds. The van der Waals surface area contributed by atoms with Gasteiger partial charge in [0, 0.05) is 42.0 Å². The van der Waals surface area contributed by atoms with E-state index in [2.05, 4.69) is 180 Å². The minimum absolute atomic E-state index is 1.16. The van der Waals surface area contributed by atoms with E-state index in [1.807, 2.05) is 11.3 Å². The summed E-state index contributed by atoms with van der Waals surface area (Å²) in [5.74, 6) is 0. The average Bonchev–Trinajstić information content (AvgIpc) is 3.70. The molecule has 0 spiro atoms. The molecule has 10 rings (SSSR count). The zero-order valence-electron chi connectivity index (χ0n) is 26.1. The summed E-state index contributed by atoms with van der Waals surface area (Å²) in [5, 5.41) is 7.79. The molecule has 10 aromatic rings. The first-order valence-corrected chi connectivity index (χ1v) is 17.2. The lowest BCUT2D eigenvalue weighted by Gasteiger charge is -2.13. The van der Waals surface area contributed by atoms with E-state index in [1.54, 1.807) is 0 Å². The Bertz CT molecular complexity index is 2750. The lowest BCUT2D eigenvalue weighted by Crippen LogP contribution is -1.94. The first-order chi connectivity index (χ1) is 23.8. The zero-order chi connectivity index (χ0) is 31.6. The first kappa shape index (κ1) is 27.2. The summed E-state index contributed by atoms with van der Waals surface area (Å²) in [5.41, 5.74) is 10.9. The van der Waals surface area contributed by atoms with Crippen LogP contribution in [0, 0.1) is 0 Å². The highest BCUT2D eigenvalue weighted by Gasteiger charge is 2.17. The van der Waals surface area contributed by atoms with Gasteiger partial charge in [-0.25, -0.2) is 0 Å².